The summed E-state index contributed by atoms with van der Waals surface area (Å²) in [4.78, 5) is 11.1. The van der Waals surface area contributed by atoms with Crippen molar-refractivity contribution in [2.75, 3.05) is 5.43 Å². The number of hydrogen-bond acceptors (Lipinski definition) is 5. The van der Waals surface area contributed by atoms with Crippen LogP contribution in [0, 0.1) is 17.0 Å². The van der Waals surface area contributed by atoms with Crippen LogP contribution in [0.4, 0.5) is 11.4 Å². The Morgan fingerprint density at radius 1 is 1.33 bits per heavy atom. The molecule has 0 unspecified atom stereocenters. The number of nitro groups is 1. The van der Waals surface area contributed by atoms with E-state index in [1.165, 1.54) is 17.7 Å². The van der Waals surface area contributed by atoms with E-state index in [1.54, 1.807) is 29.7 Å². The second-order valence-electron chi connectivity index (χ2n) is 3.64. The van der Waals surface area contributed by atoms with Crippen molar-refractivity contribution in [2.24, 2.45) is 5.10 Å². The predicted octanol–water partition coefficient (Wildman–Crippen LogP) is 3.41. The molecule has 0 aliphatic carbocycles. The molecule has 1 N–H and O–H groups in total. The van der Waals surface area contributed by atoms with Crippen LogP contribution < -0.4 is 5.43 Å². The van der Waals surface area contributed by atoms with E-state index >= 15 is 0 Å². The molecule has 1 aromatic heterocycles. The van der Waals surface area contributed by atoms with Crippen LogP contribution in [0.5, 0.6) is 0 Å². The van der Waals surface area contributed by atoms with Crippen LogP contribution in [0.3, 0.4) is 0 Å². The monoisotopic (exact) mass is 261 g/mol. The first kappa shape index (κ1) is 12.3. The summed E-state index contributed by atoms with van der Waals surface area (Å²) >= 11 is 1.61. The van der Waals surface area contributed by atoms with Gasteiger partial charge in [0.15, 0.2) is 0 Å². The van der Waals surface area contributed by atoms with E-state index in [0.717, 1.165) is 4.88 Å². The summed E-state index contributed by atoms with van der Waals surface area (Å²) in [5, 5.41) is 16.6. The average Bonchev–Trinajstić information content (AvgIpc) is 2.76. The normalized spacial score (nSPS) is 10.7. The van der Waals surface area contributed by atoms with E-state index < -0.39 is 4.92 Å². The number of rotatable bonds is 4. The Kier molecular flexibility index (Phi) is 3.69. The highest BCUT2D eigenvalue weighted by molar-refractivity contribution is 7.11. The van der Waals surface area contributed by atoms with Crippen LogP contribution in [-0.4, -0.2) is 11.1 Å². The number of aryl methyl sites for hydroxylation is 1. The van der Waals surface area contributed by atoms with Crippen molar-refractivity contribution in [1.29, 1.82) is 0 Å². The molecular formula is C12H11N3O2S. The highest BCUT2D eigenvalue weighted by Gasteiger charge is 2.02. The maximum absolute atomic E-state index is 10.5. The van der Waals surface area contributed by atoms with Gasteiger partial charge in [0.2, 0.25) is 0 Å². The van der Waals surface area contributed by atoms with Crippen LogP contribution in [-0.2, 0) is 0 Å². The number of benzene rings is 1. The molecule has 0 radical (unpaired) electrons. The van der Waals surface area contributed by atoms with Gasteiger partial charge in [-0.25, -0.2) is 0 Å². The van der Waals surface area contributed by atoms with Gasteiger partial charge in [-0.2, -0.15) is 5.10 Å². The van der Waals surface area contributed by atoms with Crippen LogP contribution in [0.1, 0.15) is 10.4 Å². The van der Waals surface area contributed by atoms with Crippen LogP contribution in [0.2, 0.25) is 0 Å². The lowest BCUT2D eigenvalue weighted by Crippen LogP contribution is -1.91. The summed E-state index contributed by atoms with van der Waals surface area (Å²) in [6.07, 6.45) is 1.74. The highest BCUT2D eigenvalue weighted by atomic mass is 32.1. The third-order valence-electron chi connectivity index (χ3n) is 2.36. The van der Waals surface area contributed by atoms with Gasteiger partial charge in [0.1, 0.15) is 0 Å². The van der Waals surface area contributed by atoms with Crippen LogP contribution >= 0.6 is 11.3 Å². The minimum Gasteiger partial charge on any atom is -0.278 e. The molecule has 92 valence electrons. The van der Waals surface area contributed by atoms with Crippen molar-refractivity contribution < 1.29 is 4.92 Å². The molecule has 0 amide bonds. The maximum Gasteiger partial charge on any atom is 0.269 e. The van der Waals surface area contributed by atoms with Crippen molar-refractivity contribution in [3.63, 3.8) is 0 Å². The van der Waals surface area contributed by atoms with Crippen LogP contribution in [0.15, 0.2) is 40.8 Å². The molecule has 0 spiro atoms. The number of anilines is 1. The topological polar surface area (TPSA) is 67.5 Å². The van der Waals surface area contributed by atoms with E-state index in [0.29, 0.717) is 5.69 Å². The van der Waals surface area contributed by atoms with Crippen LogP contribution in [0.25, 0.3) is 0 Å². The third-order valence-corrected chi connectivity index (χ3v) is 3.31. The van der Waals surface area contributed by atoms with Gasteiger partial charge in [-0.3, -0.25) is 15.5 Å². The van der Waals surface area contributed by atoms with Gasteiger partial charge in [-0.05, 0) is 36.1 Å². The quantitative estimate of drug-likeness (QED) is 0.521. The smallest absolute Gasteiger partial charge is 0.269 e. The van der Waals surface area contributed by atoms with Crippen molar-refractivity contribution in [3.8, 4) is 0 Å². The molecule has 1 heterocycles. The number of nitrogens with zero attached hydrogens (tertiary/aromatic N) is 2. The number of nitrogens with one attached hydrogen (secondary N) is 1. The summed E-state index contributed by atoms with van der Waals surface area (Å²) in [5.41, 5.74) is 4.79. The largest absolute Gasteiger partial charge is 0.278 e. The molecule has 0 fully saturated rings. The molecule has 0 bridgehead atoms. The standard InChI is InChI=1S/C12H11N3O2S/c1-9-6-7-18-12(9)8-13-14-10-2-4-11(5-3-10)15(16)17/h2-8,14H,1H3/b13-8+. The summed E-state index contributed by atoms with van der Waals surface area (Å²) < 4.78 is 0. The molecule has 5 nitrogen and oxygen atoms in total. The molecular weight excluding hydrogens is 250 g/mol. The fraction of sp³-hybridized carbons (Fsp3) is 0.0833. The van der Waals surface area contributed by atoms with Gasteiger partial charge >= 0.3 is 0 Å². The number of hydrogen-bond donors (Lipinski definition) is 1. The van der Waals surface area contributed by atoms with Crippen molar-refractivity contribution >= 4 is 28.9 Å². The molecule has 2 rings (SSSR count). The van der Waals surface area contributed by atoms with E-state index in [2.05, 4.69) is 10.5 Å². The first-order chi connectivity index (χ1) is 8.66. The van der Waals surface area contributed by atoms with Gasteiger partial charge < -0.3 is 0 Å². The highest BCUT2D eigenvalue weighted by Crippen LogP contribution is 2.16. The number of non-ortho nitro benzene ring substituents is 1. The Morgan fingerprint density at radius 3 is 2.61 bits per heavy atom. The minimum absolute atomic E-state index is 0.0682. The van der Waals surface area contributed by atoms with E-state index in [4.69, 9.17) is 0 Å². The lowest BCUT2D eigenvalue weighted by Gasteiger charge is -1.98. The lowest BCUT2D eigenvalue weighted by atomic mass is 10.3. The SMILES string of the molecule is Cc1ccsc1/C=N/Nc1ccc([N+](=O)[O-])cc1. The Hall–Kier alpha value is -2.21. The number of thiophene rings is 1. The zero-order valence-corrected chi connectivity index (χ0v) is 10.5. The molecule has 0 saturated heterocycles. The Balaban J connectivity index is 2.00. The van der Waals surface area contributed by atoms with E-state index in [9.17, 15) is 10.1 Å². The molecule has 2 aromatic rings. The second-order valence-corrected chi connectivity index (χ2v) is 4.59. The molecule has 18 heavy (non-hydrogen) atoms. The van der Waals surface area contributed by atoms with Gasteiger partial charge in [0, 0.05) is 17.0 Å². The van der Waals surface area contributed by atoms with E-state index in [-0.39, 0.29) is 5.69 Å². The fourth-order valence-electron chi connectivity index (χ4n) is 1.34. The van der Waals surface area contributed by atoms with Gasteiger partial charge in [-0.15, -0.1) is 11.3 Å². The van der Waals surface area contributed by atoms with Crippen molar-refractivity contribution in [2.45, 2.75) is 6.92 Å². The first-order valence-corrected chi connectivity index (χ1v) is 6.12. The summed E-state index contributed by atoms with van der Waals surface area (Å²) in [6, 6.07) is 8.15. The molecule has 0 aliphatic rings. The lowest BCUT2D eigenvalue weighted by molar-refractivity contribution is -0.384. The Bertz CT molecular complexity index is 575. The minimum atomic E-state index is -0.429. The summed E-state index contributed by atoms with van der Waals surface area (Å²) in [7, 11) is 0. The van der Waals surface area contributed by atoms with Gasteiger partial charge in [0.25, 0.3) is 5.69 Å². The summed E-state index contributed by atoms with van der Waals surface area (Å²) in [6.45, 7) is 2.02. The maximum atomic E-state index is 10.5. The van der Waals surface area contributed by atoms with Gasteiger partial charge in [0.05, 0.1) is 16.8 Å². The van der Waals surface area contributed by atoms with Crippen molar-refractivity contribution in [3.05, 3.63) is 56.3 Å². The molecule has 6 heteroatoms. The molecule has 1 aromatic carbocycles. The van der Waals surface area contributed by atoms with Gasteiger partial charge in [-0.1, -0.05) is 0 Å². The molecule has 0 atom stereocenters. The zero-order valence-electron chi connectivity index (χ0n) is 9.66. The Morgan fingerprint density at radius 2 is 2.06 bits per heavy atom. The number of hydrazone groups is 1. The zero-order chi connectivity index (χ0) is 13.0. The van der Waals surface area contributed by atoms with Crippen molar-refractivity contribution in [1.82, 2.24) is 0 Å². The summed E-state index contributed by atoms with van der Waals surface area (Å²) in [5.74, 6) is 0. The molecule has 0 aliphatic heterocycles. The molecule has 0 saturated carbocycles. The second kappa shape index (κ2) is 5.42. The number of nitro benzene ring substituents is 1. The van der Waals surface area contributed by atoms with E-state index in [1.807, 2.05) is 18.4 Å². The average molecular weight is 261 g/mol. The Labute approximate surface area is 108 Å². The first-order valence-electron chi connectivity index (χ1n) is 5.24. The third kappa shape index (κ3) is 2.92. The fourth-order valence-corrected chi connectivity index (χ4v) is 2.13. The predicted molar refractivity (Wildman–Crippen MR) is 73.4 cm³/mol.